The Labute approximate surface area is 209 Å². The first kappa shape index (κ1) is 27.1. The van der Waals surface area contributed by atoms with Crippen LogP contribution in [0.4, 0.5) is 8.78 Å². The minimum atomic E-state index is -0.701. The minimum absolute atomic E-state index is 0.113. The number of nitrogens with zero attached hydrogens (tertiary/aromatic N) is 2. The van der Waals surface area contributed by atoms with E-state index in [9.17, 15) is 18.4 Å². The third kappa shape index (κ3) is 6.59. The molecule has 1 amide bonds. The number of aromatic nitrogens is 2. The number of rotatable bonds is 9. The molecule has 1 N–H and O–H groups in total. The van der Waals surface area contributed by atoms with Crippen LogP contribution in [0.25, 0.3) is 5.65 Å². The summed E-state index contributed by atoms with van der Waals surface area (Å²) in [5, 5.41) is 2.91. The molecule has 194 valence electrons. The van der Waals surface area contributed by atoms with Gasteiger partial charge in [-0.3, -0.25) is 14.0 Å². The van der Waals surface area contributed by atoms with Crippen molar-refractivity contribution in [2.24, 2.45) is 11.8 Å². The molecule has 0 saturated carbocycles. The zero-order valence-corrected chi connectivity index (χ0v) is 21.5. The van der Waals surface area contributed by atoms with Crippen molar-refractivity contribution in [2.45, 2.75) is 60.2 Å². The number of halogens is 2. The average molecular weight is 502 g/mol. The van der Waals surface area contributed by atoms with Gasteiger partial charge in [-0.05, 0) is 63.8 Å². The summed E-state index contributed by atoms with van der Waals surface area (Å²) in [7, 11) is 0. The van der Waals surface area contributed by atoms with Crippen LogP contribution in [-0.4, -0.2) is 33.4 Å². The number of hydrogen-bond acceptors (Lipinski definition) is 5. The van der Waals surface area contributed by atoms with Crippen molar-refractivity contribution in [3.63, 3.8) is 0 Å². The van der Waals surface area contributed by atoms with Crippen LogP contribution in [0.3, 0.4) is 0 Å². The van der Waals surface area contributed by atoms with E-state index in [1.54, 1.807) is 29.7 Å². The molecule has 1 atom stereocenters. The van der Waals surface area contributed by atoms with Gasteiger partial charge in [-0.1, -0.05) is 19.9 Å². The Hall–Kier alpha value is -3.49. The summed E-state index contributed by atoms with van der Waals surface area (Å²) in [5.74, 6) is -1.76. The quantitative estimate of drug-likeness (QED) is 0.406. The molecule has 0 spiro atoms. The zero-order valence-electron chi connectivity index (χ0n) is 21.5. The molecule has 0 bridgehead atoms. The molecule has 0 aliphatic rings. The van der Waals surface area contributed by atoms with Gasteiger partial charge in [-0.2, -0.15) is 0 Å². The van der Waals surface area contributed by atoms with Gasteiger partial charge in [0, 0.05) is 12.7 Å². The highest BCUT2D eigenvalue weighted by Crippen LogP contribution is 2.25. The van der Waals surface area contributed by atoms with Gasteiger partial charge in [-0.15, -0.1) is 0 Å². The molecule has 1 aromatic carbocycles. The van der Waals surface area contributed by atoms with E-state index in [1.165, 1.54) is 6.07 Å². The third-order valence-corrected chi connectivity index (χ3v) is 5.75. The molecule has 0 saturated heterocycles. The summed E-state index contributed by atoms with van der Waals surface area (Å²) in [6, 6.07) is 6.90. The number of hydrogen-bond donors (Lipinski definition) is 1. The average Bonchev–Trinajstić information content (AvgIpc) is 3.11. The molecule has 2 aromatic heterocycles. The van der Waals surface area contributed by atoms with Crippen LogP contribution >= 0.6 is 0 Å². The molecule has 2 heterocycles. The number of aryl methyl sites for hydroxylation is 1. The van der Waals surface area contributed by atoms with Gasteiger partial charge in [0.1, 0.15) is 29.5 Å². The molecule has 0 aliphatic heterocycles. The Morgan fingerprint density at radius 2 is 1.78 bits per heavy atom. The first-order valence-corrected chi connectivity index (χ1v) is 11.9. The van der Waals surface area contributed by atoms with Crippen molar-refractivity contribution in [3.8, 4) is 5.75 Å². The fraction of sp³-hybridized carbons (Fsp3) is 0.444. The van der Waals surface area contributed by atoms with Gasteiger partial charge in [0.15, 0.2) is 11.4 Å². The van der Waals surface area contributed by atoms with E-state index in [1.807, 2.05) is 34.6 Å². The lowest BCUT2D eigenvalue weighted by Gasteiger charge is -2.24. The van der Waals surface area contributed by atoms with Crippen LogP contribution in [0.5, 0.6) is 5.75 Å². The highest BCUT2D eigenvalue weighted by molar-refractivity contribution is 5.95. The van der Waals surface area contributed by atoms with E-state index in [0.29, 0.717) is 17.0 Å². The largest absolute Gasteiger partial charge is 0.485 e. The molecule has 3 rings (SSSR count). The van der Waals surface area contributed by atoms with Gasteiger partial charge in [0.25, 0.3) is 5.91 Å². The number of ether oxygens (including phenoxy) is 2. The highest BCUT2D eigenvalue weighted by Gasteiger charge is 2.25. The van der Waals surface area contributed by atoms with Gasteiger partial charge in [0.05, 0.1) is 17.7 Å². The van der Waals surface area contributed by atoms with E-state index < -0.39 is 17.2 Å². The molecule has 0 fully saturated rings. The second-order valence-electron chi connectivity index (χ2n) is 10.1. The Morgan fingerprint density at radius 1 is 1.11 bits per heavy atom. The van der Waals surface area contributed by atoms with Crippen LogP contribution in [0.15, 0.2) is 36.5 Å². The fourth-order valence-corrected chi connectivity index (χ4v) is 3.81. The van der Waals surface area contributed by atoms with Gasteiger partial charge in [0.2, 0.25) is 0 Å². The number of amides is 1. The fourth-order valence-electron chi connectivity index (χ4n) is 3.81. The standard InChI is InChI=1S/C27H33F2N3O4/c1-16(2)18(13-23(33)36-27(4,5)6)14-30-26(34)24-17(3)31-25-22(11-8-12-32(24)25)35-15-19-20(28)9-7-10-21(19)29/h7-12,16,18H,13-15H2,1-6H3,(H,30,34). The van der Waals surface area contributed by atoms with Crippen LogP contribution in [0, 0.1) is 30.4 Å². The van der Waals surface area contributed by atoms with E-state index in [0.717, 1.165) is 12.1 Å². The zero-order chi connectivity index (χ0) is 26.6. The van der Waals surface area contributed by atoms with E-state index >= 15 is 0 Å². The third-order valence-electron chi connectivity index (χ3n) is 5.75. The van der Waals surface area contributed by atoms with E-state index in [-0.39, 0.29) is 54.6 Å². The summed E-state index contributed by atoms with van der Waals surface area (Å²) in [6.45, 7) is 11.1. The van der Waals surface area contributed by atoms with Gasteiger partial charge < -0.3 is 14.8 Å². The molecule has 0 aliphatic carbocycles. The summed E-state index contributed by atoms with van der Waals surface area (Å²) < 4.78 is 40.7. The molecule has 0 radical (unpaired) electrons. The topological polar surface area (TPSA) is 81.9 Å². The van der Waals surface area contributed by atoms with Crippen molar-refractivity contribution in [3.05, 3.63) is 65.1 Å². The number of carbonyl (C=O) groups excluding carboxylic acids is 2. The molecule has 3 aromatic rings. The first-order chi connectivity index (χ1) is 16.9. The van der Waals surface area contributed by atoms with Gasteiger partial charge in [-0.25, -0.2) is 13.8 Å². The Bertz CT molecular complexity index is 1230. The number of pyridine rings is 1. The van der Waals surface area contributed by atoms with E-state index in [2.05, 4.69) is 10.3 Å². The normalized spacial score (nSPS) is 12.6. The lowest BCUT2D eigenvalue weighted by atomic mass is 9.92. The number of esters is 1. The summed E-state index contributed by atoms with van der Waals surface area (Å²) in [4.78, 5) is 29.9. The van der Waals surface area contributed by atoms with Crippen molar-refractivity contribution in [1.82, 2.24) is 14.7 Å². The summed E-state index contributed by atoms with van der Waals surface area (Å²) in [6.07, 6.45) is 1.85. The molecular formula is C27H33F2N3O4. The minimum Gasteiger partial charge on any atom is -0.485 e. The van der Waals surface area contributed by atoms with Crippen LogP contribution in [0.1, 0.15) is 62.8 Å². The maximum Gasteiger partial charge on any atom is 0.306 e. The number of nitrogens with one attached hydrogen (secondary N) is 1. The lowest BCUT2D eigenvalue weighted by molar-refractivity contribution is -0.156. The van der Waals surface area contributed by atoms with Gasteiger partial charge >= 0.3 is 5.97 Å². The number of benzene rings is 1. The highest BCUT2D eigenvalue weighted by atomic mass is 19.1. The van der Waals surface area contributed by atoms with Crippen LogP contribution < -0.4 is 10.1 Å². The maximum absolute atomic E-state index is 14.0. The number of carbonyl (C=O) groups is 2. The van der Waals surface area contributed by atoms with Crippen LogP contribution in [-0.2, 0) is 16.1 Å². The second kappa shape index (κ2) is 11.1. The second-order valence-corrected chi connectivity index (χ2v) is 10.1. The number of fused-ring (bicyclic) bond motifs is 1. The Kier molecular flexibility index (Phi) is 8.32. The molecule has 9 heteroatoms. The molecule has 36 heavy (non-hydrogen) atoms. The molecule has 1 unspecified atom stereocenters. The monoisotopic (exact) mass is 501 g/mol. The summed E-state index contributed by atoms with van der Waals surface area (Å²) >= 11 is 0. The lowest BCUT2D eigenvalue weighted by Crippen LogP contribution is -2.35. The van der Waals surface area contributed by atoms with Crippen molar-refractivity contribution >= 4 is 17.5 Å². The Morgan fingerprint density at radius 3 is 2.39 bits per heavy atom. The maximum atomic E-state index is 14.0. The Balaban J connectivity index is 1.75. The first-order valence-electron chi connectivity index (χ1n) is 11.9. The predicted molar refractivity (Wildman–Crippen MR) is 132 cm³/mol. The molecular weight excluding hydrogens is 468 g/mol. The summed E-state index contributed by atoms with van der Waals surface area (Å²) in [5.41, 5.74) is 0.366. The smallest absolute Gasteiger partial charge is 0.306 e. The molecule has 7 nitrogen and oxygen atoms in total. The number of imidazole rings is 1. The van der Waals surface area contributed by atoms with Crippen molar-refractivity contribution in [1.29, 1.82) is 0 Å². The van der Waals surface area contributed by atoms with E-state index in [4.69, 9.17) is 9.47 Å². The van der Waals surface area contributed by atoms with Crippen molar-refractivity contribution < 1.29 is 27.8 Å². The van der Waals surface area contributed by atoms with Crippen LogP contribution in [0.2, 0.25) is 0 Å². The SMILES string of the molecule is Cc1nc2c(OCc3c(F)cccc3F)cccn2c1C(=O)NCC(CC(=O)OC(C)(C)C)C(C)C. The predicted octanol–water partition coefficient (Wildman–Crippen LogP) is 5.23. The van der Waals surface area contributed by atoms with Crippen molar-refractivity contribution in [2.75, 3.05) is 6.54 Å².